The number of aromatic nitrogens is 1. The van der Waals surface area contributed by atoms with Gasteiger partial charge in [0.1, 0.15) is 0 Å². The molecule has 5 heteroatoms. The van der Waals surface area contributed by atoms with Crippen molar-refractivity contribution in [1.29, 1.82) is 0 Å². The number of morpholine rings is 1. The van der Waals surface area contributed by atoms with Crippen LogP contribution in [0.2, 0.25) is 0 Å². The molecule has 2 fully saturated rings. The van der Waals surface area contributed by atoms with Crippen LogP contribution in [0, 0.1) is 0 Å². The fourth-order valence-corrected chi connectivity index (χ4v) is 2.99. The summed E-state index contributed by atoms with van der Waals surface area (Å²) in [5, 5.41) is 0. The molecule has 2 aliphatic rings. The second-order valence-electron chi connectivity index (χ2n) is 5.37. The summed E-state index contributed by atoms with van der Waals surface area (Å²) in [5.41, 5.74) is 7.77. The lowest BCUT2D eigenvalue weighted by Crippen LogP contribution is -2.44. The molecule has 0 bridgehead atoms. The number of rotatable bonds is 3. The Morgan fingerprint density at radius 2 is 2.16 bits per heavy atom. The largest absolute Gasteiger partial charge is 0.397 e. The molecule has 1 aromatic heterocycles. The van der Waals surface area contributed by atoms with Crippen LogP contribution >= 0.6 is 0 Å². The van der Waals surface area contributed by atoms with Gasteiger partial charge in [0.05, 0.1) is 24.6 Å². The second kappa shape index (κ2) is 5.86. The van der Waals surface area contributed by atoms with Crippen LogP contribution in [-0.4, -0.2) is 60.2 Å². The molecule has 0 radical (unpaired) electrons. The zero-order valence-electron chi connectivity index (χ0n) is 11.3. The molecule has 5 nitrogen and oxygen atoms in total. The van der Waals surface area contributed by atoms with E-state index in [4.69, 9.17) is 10.5 Å². The normalized spacial score (nSPS) is 25.8. The minimum absolute atomic E-state index is 0.675. The number of anilines is 1. The minimum atomic E-state index is 0.675. The molecule has 0 amide bonds. The van der Waals surface area contributed by atoms with E-state index in [1.807, 2.05) is 18.3 Å². The number of pyridine rings is 1. The summed E-state index contributed by atoms with van der Waals surface area (Å²) >= 11 is 0. The molecule has 1 unspecified atom stereocenters. The third kappa shape index (κ3) is 3.05. The Hall–Kier alpha value is -1.17. The van der Waals surface area contributed by atoms with Gasteiger partial charge in [0, 0.05) is 45.0 Å². The predicted molar refractivity (Wildman–Crippen MR) is 74.7 cm³/mol. The SMILES string of the molecule is Nc1cccnc1CN1CCC(N2CCOCC2)C1. The van der Waals surface area contributed by atoms with E-state index in [1.165, 1.54) is 6.42 Å². The number of nitrogens with two attached hydrogens (primary N) is 1. The van der Waals surface area contributed by atoms with E-state index in [0.29, 0.717) is 6.04 Å². The third-order valence-corrected chi connectivity index (χ3v) is 4.11. The van der Waals surface area contributed by atoms with Crippen LogP contribution in [0.4, 0.5) is 5.69 Å². The quantitative estimate of drug-likeness (QED) is 0.863. The van der Waals surface area contributed by atoms with Crippen molar-refractivity contribution in [1.82, 2.24) is 14.8 Å². The van der Waals surface area contributed by atoms with Crippen LogP contribution in [0.1, 0.15) is 12.1 Å². The van der Waals surface area contributed by atoms with Crippen LogP contribution in [0.15, 0.2) is 18.3 Å². The standard InChI is InChI=1S/C14H22N4O/c15-13-2-1-4-16-14(13)11-17-5-3-12(10-17)18-6-8-19-9-7-18/h1-2,4,12H,3,5-11,15H2. The Labute approximate surface area is 114 Å². The summed E-state index contributed by atoms with van der Waals surface area (Å²) < 4.78 is 5.42. The van der Waals surface area contributed by atoms with Crippen LogP contribution in [0.5, 0.6) is 0 Å². The van der Waals surface area contributed by atoms with Gasteiger partial charge in [-0.3, -0.25) is 14.8 Å². The minimum Gasteiger partial charge on any atom is -0.397 e. The molecular weight excluding hydrogens is 240 g/mol. The van der Waals surface area contributed by atoms with Crippen molar-refractivity contribution in [3.63, 3.8) is 0 Å². The van der Waals surface area contributed by atoms with Gasteiger partial charge < -0.3 is 10.5 Å². The Kier molecular flexibility index (Phi) is 3.96. The first-order valence-corrected chi connectivity index (χ1v) is 7.06. The highest BCUT2D eigenvalue weighted by Crippen LogP contribution is 2.20. The summed E-state index contributed by atoms with van der Waals surface area (Å²) in [4.78, 5) is 9.40. The number of ether oxygens (including phenoxy) is 1. The smallest absolute Gasteiger partial charge is 0.0772 e. The number of nitrogens with zero attached hydrogens (tertiary/aromatic N) is 3. The molecule has 0 aromatic carbocycles. The molecule has 104 valence electrons. The highest BCUT2D eigenvalue weighted by atomic mass is 16.5. The summed E-state index contributed by atoms with van der Waals surface area (Å²) in [6.45, 7) is 7.03. The molecule has 1 atom stereocenters. The molecule has 3 heterocycles. The average molecular weight is 262 g/mol. The number of hydrogen-bond donors (Lipinski definition) is 1. The Balaban J connectivity index is 1.55. The first-order chi connectivity index (χ1) is 9.33. The maximum absolute atomic E-state index is 5.96. The number of likely N-dealkylation sites (tertiary alicyclic amines) is 1. The van der Waals surface area contributed by atoms with Crippen LogP contribution in [-0.2, 0) is 11.3 Å². The van der Waals surface area contributed by atoms with E-state index in [0.717, 1.165) is 57.3 Å². The second-order valence-corrected chi connectivity index (χ2v) is 5.37. The van der Waals surface area contributed by atoms with Gasteiger partial charge in [0.2, 0.25) is 0 Å². The summed E-state index contributed by atoms with van der Waals surface area (Å²) in [6, 6.07) is 4.49. The molecule has 2 saturated heterocycles. The molecule has 2 N–H and O–H groups in total. The lowest BCUT2D eigenvalue weighted by atomic mass is 10.2. The lowest BCUT2D eigenvalue weighted by Gasteiger charge is -2.32. The molecule has 2 aliphatic heterocycles. The van der Waals surface area contributed by atoms with E-state index >= 15 is 0 Å². The molecule has 0 saturated carbocycles. The topological polar surface area (TPSA) is 54.6 Å². The van der Waals surface area contributed by atoms with E-state index < -0.39 is 0 Å². The molecule has 0 spiro atoms. The Bertz CT molecular complexity index is 420. The van der Waals surface area contributed by atoms with Gasteiger partial charge in [0.25, 0.3) is 0 Å². The van der Waals surface area contributed by atoms with Gasteiger partial charge in [-0.15, -0.1) is 0 Å². The zero-order chi connectivity index (χ0) is 13.1. The van der Waals surface area contributed by atoms with Crippen molar-refractivity contribution in [2.75, 3.05) is 45.1 Å². The van der Waals surface area contributed by atoms with Gasteiger partial charge in [-0.05, 0) is 18.6 Å². The molecular formula is C14H22N4O. The summed E-state index contributed by atoms with van der Waals surface area (Å²) in [7, 11) is 0. The summed E-state index contributed by atoms with van der Waals surface area (Å²) in [6.07, 6.45) is 3.06. The van der Waals surface area contributed by atoms with E-state index in [9.17, 15) is 0 Å². The van der Waals surface area contributed by atoms with Crippen molar-refractivity contribution in [3.8, 4) is 0 Å². The van der Waals surface area contributed by atoms with Gasteiger partial charge in [-0.2, -0.15) is 0 Å². The van der Waals surface area contributed by atoms with Gasteiger partial charge >= 0.3 is 0 Å². The highest BCUT2D eigenvalue weighted by Gasteiger charge is 2.28. The van der Waals surface area contributed by atoms with Crippen molar-refractivity contribution in [2.45, 2.75) is 19.0 Å². The maximum Gasteiger partial charge on any atom is 0.0772 e. The molecule has 19 heavy (non-hydrogen) atoms. The molecule has 0 aliphatic carbocycles. The van der Waals surface area contributed by atoms with Gasteiger partial charge in [-0.25, -0.2) is 0 Å². The highest BCUT2D eigenvalue weighted by molar-refractivity contribution is 5.41. The van der Waals surface area contributed by atoms with Gasteiger partial charge in [-0.1, -0.05) is 0 Å². The van der Waals surface area contributed by atoms with Crippen molar-refractivity contribution in [2.24, 2.45) is 0 Å². The van der Waals surface area contributed by atoms with Crippen LogP contribution < -0.4 is 5.73 Å². The fourth-order valence-electron chi connectivity index (χ4n) is 2.99. The van der Waals surface area contributed by atoms with E-state index in [1.54, 1.807) is 0 Å². The first-order valence-electron chi connectivity index (χ1n) is 7.06. The van der Waals surface area contributed by atoms with E-state index in [2.05, 4.69) is 14.8 Å². The monoisotopic (exact) mass is 262 g/mol. The van der Waals surface area contributed by atoms with Crippen LogP contribution in [0.25, 0.3) is 0 Å². The van der Waals surface area contributed by atoms with Gasteiger partial charge in [0.15, 0.2) is 0 Å². The Morgan fingerprint density at radius 1 is 1.32 bits per heavy atom. The average Bonchev–Trinajstić information content (AvgIpc) is 2.91. The molecule has 3 rings (SSSR count). The van der Waals surface area contributed by atoms with Crippen molar-refractivity contribution < 1.29 is 4.74 Å². The number of nitrogen functional groups attached to an aromatic ring is 1. The number of hydrogen-bond acceptors (Lipinski definition) is 5. The fraction of sp³-hybridized carbons (Fsp3) is 0.643. The first kappa shape index (κ1) is 12.8. The lowest BCUT2D eigenvalue weighted by molar-refractivity contribution is 0.0183. The third-order valence-electron chi connectivity index (χ3n) is 4.11. The zero-order valence-corrected chi connectivity index (χ0v) is 11.3. The van der Waals surface area contributed by atoms with Crippen molar-refractivity contribution in [3.05, 3.63) is 24.0 Å². The van der Waals surface area contributed by atoms with E-state index in [-0.39, 0.29) is 0 Å². The Morgan fingerprint density at radius 3 is 2.95 bits per heavy atom. The molecule has 1 aromatic rings. The summed E-state index contributed by atoms with van der Waals surface area (Å²) in [5.74, 6) is 0. The van der Waals surface area contributed by atoms with Crippen molar-refractivity contribution >= 4 is 5.69 Å². The van der Waals surface area contributed by atoms with Crippen LogP contribution in [0.3, 0.4) is 0 Å². The predicted octanol–water partition coefficient (Wildman–Crippen LogP) is 0.570. The maximum atomic E-state index is 5.96.